The molecule has 2 saturated heterocycles. The molecule has 2 aliphatic heterocycles. The molecule has 0 bridgehead atoms. The number of piperazine rings is 1. The largest absolute Gasteiger partial charge is 0.340 e. The van der Waals surface area contributed by atoms with Gasteiger partial charge in [-0.2, -0.15) is 4.31 Å². The Morgan fingerprint density at radius 3 is 2.20 bits per heavy atom. The quantitative estimate of drug-likeness (QED) is 0.743. The standard InChI is InChI=1S/C16H22N2O5S2/c1-13-2-4-15(5-3-13)25(22,23)18-9-7-17(8-10-18)16(19)14-6-11-24(20,21)12-14/h2-5,14H,6-12H2,1H3/t14-/m0/s1. The van der Waals surface area contributed by atoms with Gasteiger partial charge in [0.15, 0.2) is 9.84 Å². The maximum Gasteiger partial charge on any atom is 0.243 e. The molecule has 0 spiro atoms. The summed E-state index contributed by atoms with van der Waals surface area (Å²) in [6, 6.07) is 6.69. The van der Waals surface area contributed by atoms with Gasteiger partial charge in [-0.1, -0.05) is 17.7 Å². The molecule has 1 aromatic carbocycles. The third kappa shape index (κ3) is 3.88. The second-order valence-corrected chi connectivity index (χ2v) is 10.8. The molecule has 9 heteroatoms. The molecule has 1 aromatic rings. The first-order valence-electron chi connectivity index (χ1n) is 8.25. The Bertz CT molecular complexity index is 854. The van der Waals surface area contributed by atoms with Gasteiger partial charge < -0.3 is 4.90 Å². The lowest BCUT2D eigenvalue weighted by atomic mass is 10.1. The van der Waals surface area contributed by atoms with Crippen LogP contribution in [-0.4, -0.2) is 69.6 Å². The highest BCUT2D eigenvalue weighted by molar-refractivity contribution is 7.91. The van der Waals surface area contributed by atoms with Gasteiger partial charge in [0.2, 0.25) is 15.9 Å². The van der Waals surface area contributed by atoms with E-state index in [4.69, 9.17) is 0 Å². The van der Waals surface area contributed by atoms with Crippen LogP contribution in [0, 0.1) is 12.8 Å². The summed E-state index contributed by atoms with van der Waals surface area (Å²) in [5.41, 5.74) is 0.987. The van der Waals surface area contributed by atoms with E-state index in [1.807, 2.05) is 6.92 Å². The van der Waals surface area contributed by atoms with E-state index >= 15 is 0 Å². The molecule has 1 atom stereocenters. The Morgan fingerprint density at radius 1 is 1.08 bits per heavy atom. The minimum absolute atomic E-state index is 0.0607. The summed E-state index contributed by atoms with van der Waals surface area (Å²) in [5.74, 6) is -0.683. The van der Waals surface area contributed by atoms with Crippen molar-refractivity contribution in [1.29, 1.82) is 0 Å². The van der Waals surface area contributed by atoms with Crippen molar-refractivity contribution in [2.75, 3.05) is 37.7 Å². The van der Waals surface area contributed by atoms with Crippen LogP contribution in [0.15, 0.2) is 29.2 Å². The van der Waals surface area contributed by atoms with Gasteiger partial charge in [0, 0.05) is 26.2 Å². The van der Waals surface area contributed by atoms with E-state index < -0.39 is 25.8 Å². The fourth-order valence-electron chi connectivity index (χ4n) is 3.26. The summed E-state index contributed by atoms with van der Waals surface area (Å²) in [5, 5.41) is 0. The third-order valence-electron chi connectivity index (χ3n) is 4.79. The van der Waals surface area contributed by atoms with Crippen molar-refractivity contribution < 1.29 is 21.6 Å². The van der Waals surface area contributed by atoms with Crippen molar-refractivity contribution in [1.82, 2.24) is 9.21 Å². The normalized spacial score (nSPS) is 24.4. The Labute approximate surface area is 148 Å². The highest BCUT2D eigenvalue weighted by Crippen LogP contribution is 2.23. The predicted molar refractivity (Wildman–Crippen MR) is 93.3 cm³/mol. The van der Waals surface area contributed by atoms with Crippen LogP contribution in [-0.2, 0) is 24.7 Å². The first-order valence-corrected chi connectivity index (χ1v) is 11.5. The van der Waals surface area contributed by atoms with Crippen molar-refractivity contribution in [3.05, 3.63) is 29.8 Å². The molecule has 0 aliphatic carbocycles. The van der Waals surface area contributed by atoms with Crippen molar-refractivity contribution in [3.63, 3.8) is 0 Å². The molecule has 3 rings (SSSR count). The number of sulfone groups is 1. The van der Waals surface area contributed by atoms with E-state index in [9.17, 15) is 21.6 Å². The first-order chi connectivity index (χ1) is 11.7. The minimum atomic E-state index is -3.57. The van der Waals surface area contributed by atoms with Crippen LogP contribution in [0.3, 0.4) is 0 Å². The summed E-state index contributed by atoms with van der Waals surface area (Å²) in [6.07, 6.45) is 0.364. The number of sulfonamides is 1. The number of hydrogen-bond acceptors (Lipinski definition) is 5. The maximum absolute atomic E-state index is 12.7. The summed E-state index contributed by atoms with van der Waals surface area (Å²) in [7, 11) is -6.67. The smallest absolute Gasteiger partial charge is 0.243 e. The zero-order valence-corrected chi connectivity index (χ0v) is 15.7. The van der Waals surface area contributed by atoms with Gasteiger partial charge in [-0.05, 0) is 25.5 Å². The number of nitrogens with zero attached hydrogens (tertiary/aromatic N) is 2. The fraction of sp³-hybridized carbons (Fsp3) is 0.562. The monoisotopic (exact) mass is 386 g/mol. The lowest BCUT2D eigenvalue weighted by molar-refractivity contribution is -0.135. The molecule has 1 amide bonds. The number of carbonyl (C=O) groups is 1. The Morgan fingerprint density at radius 2 is 1.68 bits per heavy atom. The molecular formula is C16H22N2O5S2. The minimum Gasteiger partial charge on any atom is -0.340 e. The van der Waals surface area contributed by atoms with Crippen LogP contribution in [0.25, 0.3) is 0 Å². The molecule has 2 aliphatic rings. The number of aryl methyl sites for hydroxylation is 1. The predicted octanol–water partition coefficient (Wildman–Crippen LogP) is 0.263. The third-order valence-corrected chi connectivity index (χ3v) is 8.47. The highest BCUT2D eigenvalue weighted by atomic mass is 32.2. The van der Waals surface area contributed by atoms with E-state index in [1.165, 1.54) is 4.31 Å². The highest BCUT2D eigenvalue weighted by Gasteiger charge is 2.37. The lowest BCUT2D eigenvalue weighted by Crippen LogP contribution is -2.52. The molecule has 138 valence electrons. The molecule has 2 heterocycles. The molecule has 0 N–H and O–H groups in total. The Kier molecular flexibility index (Phi) is 4.91. The summed E-state index contributed by atoms with van der Waals surface area (Å²) < 4.78 is 49.8. The molecule has 2 fully saturated rings. The van der Waals surface area contributed by atoms with Crippen LogP contribution >= 0.6 is 0 Å². The average molecular weight is 386 g/mol. The number of amides is 1. The Hall–Kier alpha value is -1.45. The van der Waals surface area contributed by atoms with Gasteiger partial charge >= 0.3 is 0 Å². The van der Waals surface area contributed by atoms with Gasteiger partial charge in [-0.3, -0.25) is 4.79 Å². The van der Waals surface area contributed by atoms with E-state index in [0.717, 1.165) is 5.56 Å². The van der Waals surface area contributed by atoms with Gasteiger partial charge in [-0.15, -0.1) is 0 Å². The summed E-state index contributed by atoms with van der Waals surface area (Å²) in [6.45, 7) is 2.92. The zero-order chi connectivity index (χ0) is 18.2. The van der Waals surface area contributed by atoms with Crippen LogP contribution < -0.4 is 0 Å². The van der Waals surface area contributed by atoms with Crippen LogP contribution in [0.2, 0.25) is 0 Å². The van der Waals surface area contributed by atoms with Crippen LogP contribution in [0.1, 0.15) is 12.0 Å². The van der Waals surface area contributed by atoms with Crippen molar-refractivity contribution in [2.24, 2.45) is 5.92 Å². The topological polar surface area (TPSA) is 91.8 Å². The number of carbonyl (C=O) groups excluding carboxylic acids is 1. The van der Waals surface area contributed by atoms with Gasteiger partial charge in [0.25, 0.3) is 0 Å². The number of hydrogen-bond donors (Lipinski definition) is 0. The molecular weight excluding hydrogens is 364 g/mol. The molecule has 0 radical (unpaired) electrons. The SMILES string of the molecule is Cc1ccc(S(=O)(=O)N2CCN(C(=O)[C@H]3CCS(=O)(=O)C3)CC2)cc1. The van der Waals surface area contributed by atoms with Crippen molar-refractivity contribution >= 4 is 25.8 Å². The molecule has 0 unspecified atom stereocenters. The molecule has 0 saturated carbocycles. The summed E-state index contributed by atoms with van der Waals surface area (Å²) >= 11 is 0. The van der Waals surface area contributed by atoms with Gasteiger partial charge in [0.05, 0.1) is 22.3 Å². The van der Waals surface area contributed by atoms with E-state index in [-0.39, 0.29) is 35.4 Å². The van der Waals surface area contributed by atoms with Gasteiger partial charge in [0.1, 0.15) is 0 Å². The zero-order valence-electron chi connectivity index (χ0n) is 14.1. The number of benzene rings is 1. The molecule has 7 nitrogen and oxygen atoms in total. The number of rotatable bonds is 3. The maximum atomic E-state index is 12.7. The van der Waals surface area contributed by atoms with E-state index in [2.05, 4.69) is 0 Å². The van der Waals surface area contributed by atoms with Crippen LogP contribution in [0.5, 0.6) is 0 Å². The van der Waals surface area contributed by atoms with Crippen molar-refractivity contribution in [3.8, 4) is 0 Å². The van der Waals surface area contributed by atoms with E-state index in [1.54, 1.807) is 29.2 Å². The summed E-state index contributed by atoms with van der Waals surface area (Å²) in [4.78, 5) is 14.3. The lowest BCUT2D eigenvalue weighted by Gasteiger charge is -2.35. The van der Waals surface area contributed by atoms with Crippen molar-refractivity contribution in [2.45, 2.75) is 18.2 Å². The van der Waals surface area contributed by atoms with Gasteiger partial charge in [-0.25, -0.2) is 16.8 Å². The molecule has 25 heavy (non-hydrogen) atoms. The second-order valence-electron chi connectivity index (χ2n) is 6.64. The first kappa shape index (κ1) is 18.3. The molecule has 0 aromatic heterocycles. The Balaban J connectivity index is 1.63. The average Bonchev–Trinajstić information content (AvgIpc) is 2.95. The second kappa shape index (κ2) is 6.69. The van der Waals surface area contributed by atoms with Crippen LogP contribution in [0.4, 0.5) is 0 Å². The fourth-order valence-corrected chi connectivity index (χ4v) is 6.41. The van der Waals surface area contributed by atoms with E-state index in [0.29, 0.717) is 19.5 Å².